The maximum absolute atomic E-state index is 13.7. The van der Waals surface area contributed by atoms with E-state index in [9.17, 15) is 13.5 Å². The molecule has 39 heavy (non-hydrogen) atoms. The molecule has 0 bridgehead atoms. The Morgan fingerprint density at radius 2 is 2.00 bits per heavy atom. The summed E-state index contributed by atoms with van der Waals surface area (Å²) >= 11 is 0. The fourth-order valence-corrected chi connectivity index (χ4v) is 6.41. The number of para-hydroxylation sites is 1. The molecule has 9 heteroatoms. The molecule has 4 rings (SSSR count). The monoisotopic (exact) mass is 549 g/mol. The molecule has 1 aliphatic heterocycles. The summed E-state index contributed by atoms with van der Waals surface area (Å²) in [5.41, 5.74) is 2.42. The van der Waals surface area contributed by atoms with Gasteiger partial charge in [-0.15, -0.1) is 0 Å². The average Bonchev–Trinajstić information content (AvgIpc) is 2.94. The summed E-state index contributed by atoms with van der Waals surface area (Å²) in [5.74, 6) is 7.00. The lowest BCUT2D eigenvalue weighted by atomic mass is 10.0. The summed E-state index contributed by atoms with van der Waals surface area (Å²) < 4.78 is 40.7. The van der Waals surface area contributed by atoms with Crippen LogP contribution in [0.15, 0.2) is 71.9 Å². The van der Waals surface area contributed by atoms with Gasteiger partial charge in [-0.05, 0) is 55.9 Å². The number of aliphatic hydroxyl groups excluding tert-OH is 1. The van der Waals surface area contributed by atoms with Gasteiger partial charge in [0.15, 0.2) is 0 Å². The zero-order valence-corrected chi connectivity index (χ0v) is 23.6. The Morgan fingerprint density at radius 3 is 2.72 bits per heavy atom. The van der Waals surface area contributed by atoms with Crippen LogP contribution in [0.4, 0.5) is 0 Å². The zero-order chi connectivity index (χ0) is 28.0. The van der Waals surface area contributed by atoms with Crippen LogP contribution in [0.2, 0.25) is 0 Å². The number of rotatable bonds is 7. The van der Waals surface area contributed by atoms with Gasteiger partial charge < -0.3 is 14.6 Å². The van der Waals surface area contributed by atoms with E-state index in [0.29, 0.717) is 24.4 Å². The smallest absolute Gasteiger partial charge is 0.247 e. The van der Waals surface area contributed by atoms with Crippen LogP contribution in [0.1, 0.15) is 30.5 Å². The van der Waals surface area contributed by atoms with Crippen LogP contribution in [-0.4, -0.2) is 73.7 Å². The second-order valence-electron chi connectivity index (χ2n) is 9.91. The normalized spacial score (nSPS) is 19.5. The minimum absolute atomic E-state index is 0.0671. The van der Waals surface area contributed by atoms with Crippen molar-refractivity contribution < 1.29 is 23.0 Å². The van der Waals surface area contributed by atoms with E-state index in [1.165, 1.54) is 4.31 Å². The van der Waals surface area contributed by atoms with Crippen molar-refractivity contribution in [3.63, 3.8) is 0 Å². The third-order valence-corrected chi connectivity index (χ3v) is 8.80. The van der Waals surface area contributed by atoms with Crippen LogP contribution in [0, 0.1) is 17.8 Å². The van der Waals surface area contributed by atoms with Crippen molar-refractivity contribution in [2.24, 2.45) is 5.92 Å². The van der Waals surface area contributed by atoms with Crippen LogP contribution in [0.25, 0.3) is 0 Å². The summed E-state index contributed by atoms with van der Waals surface area (Å²) in [4.78, 5) is 6.40. The van der Waals surface area contributed by atoms with Gasteiger partial charge in [-0.1, -0.05) is 37.0 Å². The van der Waals surface area contributed by atoms with Crippen LogP contribution in [0.5, 0.6) is 11.5 Å². The molecular formula is C30H35N3O5S. The first-order valence-electron chi connectivity index (χ1n) is 12.9. The Labute approximate surface area is 231 Å². The standard InChI is InChI=1S/C30H35N3O5S/c1-22-18-33(23(2)21-34)39(35,36)30-14-12-24(11-13-26-9-5-6-10-27(26)37-4)16-28(30)38-29(22)20-32(3)19-25-8-7-15-31-17-25/h5-10,12,14-17,22-23,29,34H,18-21H2,1-4H3/t22-,23+,29+/m0/s1. The van der Waals surface area contributed by atoms with E-state index in [-0.39, 0.29) is 35.8 Å². The van der Waals surface area contributed by atoms with Crippen LogP contribution in [0.3, 0.4) is 0 Å². The molecule has 0 amide bonds. The fourth-order valence-electron chi connectivity index (χ4n) is 4.58. The highest BCUT2D eigenvalue weighted by Gasteiger charge is 2.38. The number of aromatic nitrogens is 1. The second kappa shape index (κ2) is 12.6. The third kappa shape index (κ3) is 6.78. The highest BCUT2D eigenvalue weighted by Crippen LogP contribution is 2.34. The molecule has 1 aliphatic rings. The molecule has 8 nitrogen and oxygen atoms in total. The predicted molar refractivity (Wildman–Crippen MR) is 150 cm³/mol. The molecule has 0 saturated heterocycles. The largest absolute Gasteiger partial charge is 0.495 e. The van der Waals surface area contributed by atoms with Crippen molar-refractivity contribution in [3.05, 3.63) is 83.7 Å². The highest BCUT2D eigenvalue weighted by atomic mass is 32.2. The number of nitrogens with zero attached hydrogens (tertiary/aromatic N) is 3. The van der Waals surface area contributed by atoms with Crippen molar-refractivity contribution in [2.75, 3.05) is 33.9 Å². The molecular weight excluding hydrogens is 514 g/mol. The minimum Gasteiger partial charge on any atom is -0.495 e. The number of methoxy groups -OCH3 is 1. The lowest BCUT2D eigenvalue weighted by Gasteiger charge is -2.37. The summed E-state index contributed by atoms with van der Waals surface area (Å²) in [6.07, 6.45) is 3.26. The van der Waals surface area contributed by atoms with Gasteiger partial charge in [-0.3, -0.25) is 9.88 Å². The van der Waals surface area contributed by atoms with E-state index in [1.54, 1.807) is 38.4 Å². The summed E-state index contributed by atoms with van der Waals surface area (Å²) in [7, 11) is -0.327. The number of sulfonamides is 1. The van der Waals surface area contributed by atoms with E-state index in [1.807, 2.05) is 56.6 Å². The van der Waals surface area contributed by atoms with Gasteiger partial charge in [0, 0.05) is 49.6 Å². The van der Waals surface area contributed by atoms with Gasteiger partial charge in [0.05, 0.1) is 19.3 Å². The van der Waals surface area contributed by atoms with Crippen molar-refractivity contribution in [1.29, 1.82) is 0 Å². The molecule has 2 heterocycles. The highest BCUT2D eigenvalue weighted by molar-refractivity contribution is 7.89. The van der Waals surface area contributed by atoms with Crippen LogP contribution in [-0.2, 0) is 16.6 Å². The van der Waals surface area contributed by atoms with Crippen molar-refractivity contribution >= 4 is 10.0 Å². The molecule has 206 valence electrons. The number of pyridine rings is 1. The predicted octanol–water partition coefficient (Wildman–Crippen LogP) is 3.39. The van der Waals surface area contributed by atoms with Crippen molar-refractivity contribution in [2.45, 2.75) is 37.4 Å². The van der Waals surface area contributed by atoms with Crippen LogP contribution >= 0.6 is 0 Å². The maximum Gasteiger partial charge on any atom is 0.247 e. The van der Waals surface area contributed by atoms with Crippen molar-refractivity contribution in [1.82, 2.24) is 14.2 Å². The van der Waals surface area contributed by atoms with Crippen LogP contribution < -0.4 is 9.47 Å². The second-order valence-corrected chi connectivity index (χ2v) is 11.8. The summed E-state index contributed by atoms with van der Waals surface area (Å²) in [6.45, 7) is 4.87. The van der Waals surface area contributed by atoms with Gasteiger partial charge >= 0.3 is 0 Å². The molecule has 2 aromatic carbocycles. The summed E-state index contributed by atoms with van der Waals surface area (Å²) in [6, 6.07) is 15.7. The molecule has 1 N–H and O–H groups in total. The fraction of sp³-hybridized carbons (Fsp3) is 0.367. The Balaban J connectivity index is 1.71. The molecule has 0 radical (unpaired) electrons. The number of benzene rings is 2. The Kier molecular flexibility index (Phi) is 9.25. The molecule has 3 atom stereocenters. The first kappa shape index (κ1) is 28.6. The number of aliphatic hydroxyl groups is 1. The lowest BCUT2D eigenvalue weighted by molar-refractivity contribution is 0.0733. The Morgan fingerprint density at radius 1 is 1.21 bits per heavy atom. The number of fused-ring (bicyclic) bond motifs is 1. The van der Waals surface area contributed by atoms with E-state index in [4.69, 9.17) is 9.47 Å². The Bertz CT molecular complexity index is 1440. The number of hydrogen-bond donors (Lipinski definition) is 1. The maximum atomic E-state index is 13.7. The first-order chi connectivity index (χ1) is 18.7. The number of ether oxygens (including phenoxy) is 2. The van der Waals surface area contributed by atoms with Crippen molar-refractivity contribution in [3.8, 4) is 23.3 Å². The number of hydrogen-bond acceptors (Lipinski definition) is 7. The molecule has 0 aliphatic carbocycles. The Hall–Kier alpha value is -3.42. The van der Waals surface area contributed by atoms with Gasteiger partial charge in [-0.25, -0.2) is 8.42 Å². The summed E-state index contributed by atoms with van der Waals surface area (Å²) in [5, 5.41) is 9.88. The molecule has 3 aromatic rings. The number of likely N-dealkylation sites (N-methyl/N-ethyl adjacent to an activating group) is 1. The van der Waals surface area contributed by atoms with Gasteiger partial charge in [0.25, 0.3) is 0 Å². The zero-order valence-electron chi connectivity index (χ0n) is 22.7. The molecule has 0 unspecified atom stereocenters. The van der Waals surface area contributed by atoms with E-state index >= 15 is 0 Å². The van der Waals surface area contributed by atoms with Gasteiger partial charge in [0.2, 0.25) is 10.0 Å². The molecule has 0 spiro atoms. The molecule has 0 saturated carbocycles. The minimum atomic E-state index is -3.92. The van der Waals surface area contributed by atoms with E-state index in [0.717, 1.165) is 11.1 Å². The third-order valence-electron chi connectivity index (χ3n) is 6.78. The molecule has 0 fully saturated rings. The topological polar surface area (TPSA) is 92.2 Å². The first-order valence-corrected chi connectivity index (χ1v) is 14.3. The lowest BCUT2D eigenvalue weighted by Crippen LogP contribution is -2.49. The quantitative estimate of drug-likeness (QED) is 0.452. The molecule has 1 aromatic heterocycles. The van der Waals surface area contributed by atoms with E-state index in [2.05, 4.69) is 21.7 Å². The van der Waals surface area contributed by atoms with Gasteiger partial charge in [-0.2, -0.15) is 4.31 Å². The van der Waals surface area contributed by atoms with E-state index < -0.39 is 16.1 Å². The van der Waals surface area contributed by atoms with Gasteiger partial charge in [0.1, 0.15) is 22.5 Å². The average molecular weight is 550 g/mol. The SMILES string of the molecule is COc1ccccc1C#Cc1ccc2c(c1)O[C@H](CN(C)Cc1cccnc1)[C@@H](C)CN([C@H](C)CO)S2(=O)=O.